The fourth-order valence-electron chi connectivity index (χ4n) is 1.85. The van der Waals surface area contributed by atoms with Gasteiger partial charge >= 0.3 is 5.97 Å². The Hall–Kier alpha value is -2.41. The van der Waals surface area contributed by atoms with Gasteiger partial charge in [0.1, 0.15) is 10.8 Å². The Labute approximate surface area is 131 Å². The van der Waals surface area contributed by atoms with Crippen molar-refractivity contribution < 1.29 is 19.4 Å². The van der Waals surface area contributed by atoms with E-state index in [-0.39, 0.29) is 18.7 Å². The quantitative estimate of drug-likeness (QED) is 0.809. The van der Waals surface area contributed by atoms with Gasteiger partial charge in [0.05, 0.1) is 25.6 Å². The summed E-state index contributed by atoms with van der Waals surface area (Å²) < 4.78 is 5.12. The summed E-state index contributed by atoms with van der Waals surface area (Å²) in [5.74, 6) is -0.344. The van der Waals surface area contributed by atoms with Crippen molar-refractivity contribution in [3.05, 3.63) is 45.9 Å². The van der Waals surface area contributed by atoms with Gasteiger partial charge in [0.15, 0.2) is 0 Å². The zero-order chi connectivity index (χ0) is 15.9. The number of methoxy groups -OCH3 is 1. The van der Waals surface area contributed by atoms with Crippen LogP contribution in [-0.4, -0.2) is 29.1 Å². The highest BCUT2D eigenvalue weighted by Crippen LogP contribution is 2.13. The fraction of sp³-hybridized carbons (Fsp3) is 0.267. The van der Waals surface area contributed by atoms with E-state index < -0.39 is 5.97 Å². The third-order valence-electron chi connectivity index (χ3n) is 2.87. The van der Waals surface area contributed by atoms with Gasteiger partial charge in [0.25, 0.3) is 0 Å². The lowest BCUT2D eigenvalue weighted by atomic mass is 10.2. The largest absolute Gasteiger partial charge is 0.497 e. The van der Waals surface area contributed by atoms with Crippen LogP contribution in [-0.2, 0) is 29.0 Å². The second-order valence-corrected chi connectivity index (χ2v) is 5.55. The second kappa shape index (κ2) is 7.56. The number of nitrogens with zero attached hydrogens (tertiary/aromatic N) is 1. The molecule has 1 amide bonds. The number of nitrogens with one attached hydrogen (secondary N) is 1. The molecule has 0 saturated heterocycles. The Morgan fingerprint density at radius 1 is 1.36 bits per heavy atom. The molecule has 1 heterocycles. The molecular weight excluding hydrogens is 304 g/mol. The first-order chi connectivity index (χ1) is 10.6. The molecule has 0 bridgehead atoms. The first-order valence-corrected chi connectivity index (χ1v) is 7.49. The maximum Gasteiger partial charge on any atom is 0.309 e. The molecule has 0 radical (unpaired) electrons. The van der Waals surface area contributed by atoms with Crippen LogP contribution < -0.4 is 10.1 Å². The lowest BCUT2D eigenvalue weighted by molar-refractivity contribution is -0.136. The molecule has 0 fully saturated rings. The van der Waals surface area contributed by atoms with E-state index in [4.69, 9.17) is 9.84 Å². The van der Waals surface area contributed by atoms with Crippen LogP contribution in [0, 0.1) is 0 Å². The second-order valence-electron chi connectivity index (χ2n) is 4.61. The zero-order valence-electron chi connectivity index (χ0n) is 12.0. The minimum Gasteiger partial charge on any atom is -0.497 e. The molecule has 6 nitrogen and oxygen atoms in total. The van der Waals surface area contributed by atoms with Gasteiger partial charge in [-0.1, -0.05) is 12.1 Å². The molecule has 2 rings (SSSR count). The Kier molecular flexibility index (Phi) is 5.48. The van der Waals surface area contributed by atoms with Gasteiger partial charge in [-0.2, -0.15) is 0 Å². The first-order valence-electron chi connectivity index (χ1n) is 6.61. The Bertz CT molecular complexity index is 669. The molecule has 1 aromatic carbocycles. The van der Waals surface area contributed by atoms with Crippen LogP contribution in [0.2, 0.25) is 0 Å². The van der Waals surface area contributed by atoms with Crippen LogP contribution in [0.15, 0.2) is 29.6 Å². The molecule has 116 valence electrons. The summed E-state index contributed by atoms with van der Waals surface area (Å²) in [6, 6.07) is 7.45. The van der Waals surface area contributed by atoms with Crippen molar-refractivity contribution in [2.45, 2.75) is 19.4 Å². The molecule has 0 saturated carbocycles. The SMILES string of the molecule is COc1cccc(CNC(=O)Cc2nc(CC(=O)O)cs2)c1. The van der Waals surface area contributed by atoms with E-state index in [0.717, 1.165) is 11.3 Å². The van der Waals surface area contributed by atoms with Crippen LogP contribution in [0.4, 0.5) is 0 Å². The molecule has 0 aliphatic heterocycles. The van der Waals surface area contributed by atoms with Crippen molar-refractivity contribution in [2.24, 2.45) is 0 Å². The minimum atomic E-state index is -0.931. The van der Waals surface area contributed by atoms with E-state index >= 15 is 0 Å². The maximum absolute atomic E-state index is 11.9. The smallest absolute Gasteiger partial charge is 0.309 e. The standard InChI is InChI=1S/C15H16N2O4S/c1-21-12-4-2-3-10(5-12)8-16-13(18)7-14-17-11(9-22-14)6-15(19)20/h2-5,9H,6-8H2,1H3,(H,16,18)(H,19,20). The number of thiazole rings is 1. The monoisotopic (exact) mass is 320 g/mol. The molecule has 0 unspecified atom stereocenters. The normalized spacial score (nSPS) is 10.2. The molecule has 2 aromatic rings. The average Bonchev–Trinajstić information content (AvgIpc) is 2.91. The highest BCUT2D eigenvalue weighted by molar-refractivity contribution is 7.09. The van der Waals surface area contributed by atoms with Crippen LogP contribution in [0.5, 0.6) is 5.75 Å². The van der Waals surface area contributed by atoms with Gasteiger partial charge in [0, 0.05) is 11.9 Å². The Balaban J connectivity index is 1.84. The van der Waals surface area contributed by atoms with E-state index in [1.165, 1.54) is 11.3 Å². The van der Waals surface area contributed by atoms with Gasteiger partial charge < -0.3 is 15.2 Å². The van der Waals surface area contributed by atoms with Gasteiger partial charge in [-0.05, 0) is 17.7 Å². The van der Waals surface area contributed by atoms with Gasteiger partial charge in [-0.3, -0.25) is 9.59 Å². The third kappa shape index (κ3) is 4.85. The number of carbonyl (C=O) groups is 2. The molecule has 1 aromatic heterocycles. The van der Waals surface area contributed by atoms with Crippen molar-refractivity contribution in [3.8, 4) is 5.75 Å². The number of rotatable bonds is 7. The van der Waals surface area contributed by atoms with Crippen molar-refractivity contribution in [3.63, 3.8) is 0 Å². The maximum atomic E-state index is 11.9. The summed E-state index contributed by atoms with van der Waals surface area (Å²) >= 11 is 1.29. The number of aromatic nitrogens is 1. The lowest BCUT2D eigenvalue weighted by Gasteiger charge is -2.06. The van der Waals surface area contributed by atoms with Crippen LogP contribution in [0.3, 0.4) is 0 Å². The number of carboxylic acids is 1. The molecule has 22 heavy (non-hydrogen) atoms. The Morgan fingerprint density at radius 3 is 2.91 bits per heavy atom. The minimum absolute atomic E-state index is 0.123. The number of hydrogen-bond donors (Lipinski definition) is 2. The fourth-order valence-corrected chi connectivity index (χ4v) is 2.64. The average molecular weight is 320 g/mol. The molecular formula is C15H16N2O4S. The van der Waals surface area contributed by atoms with Gasteiger partial charge in [-0.25, -0.2) is 4.98 Å². The highest BCUT2D eigenvalue weighted by Gasteiger charge is 2.10. The lowest BCUT2D eigenvalue weighted by Crippen LogP contribution is -2.24. The number of benzene rings is 1. The molecule has 0 spiro atoms. The topological polar surface area (TPSA) is 88.5 Å². The van der Waals surface area contributed by atoms with Crippen LogP contribution in [0.25, 0.3) is 0 Å². The van der Waals surface area contributed by atoms with Crippen molar-refractivity contribution in [2.75, 3.05) is 7.11 Å². The summed E-state index contributed by atoms with van der Waals surface area (Å²) in [6.45, 7) is 0.406. The molecule has 2 N–H and O–H groups in total. The van der Waals surface area contributed by atoms with Crippen molar-refractivity contribution in [1.82, 2.24) is 10.3 Å². The summed E-state index contributed by atoms with van der Waals surface area (Å²) in [7, 11) is 1.59. The molecule has 0 aliphatic rings. The number of amides is 1. The number of carbonyl (C=O) groups excluding carboxylic acids is 1. The summed E-state index contributed by atoms with van der Waals surface area (Å²) in [5.41, 5.74) is 1.42. The third-order valence-corrected chi connectivity index (χ3v) is 3.76. The summed E-state index contributed by atoms with van der Waals surface area (Å²) in [5, 5.41) is 13.8. The molecule has 7 heteroatoms. The van der Waals surface area contributed by atoms with Crippen LogP contribution >= 0.6 is 11.3 Å². The molecule has 0 aliphatic carbocycles. The number of hydrogen-bond acceptors (Lipinski definition) is 5. The van der Waals surface area contributed by atoms with Crippen molar-refractivity contribution in [1.29, 1.82) is 0 Å². The van der Waals surface area contributed by atoms with Gasteiger partial charge in [-0.15, -0.1) is 11.3 Å². The molecule has 0 atom stereocenters. The predicted molar refractivity (Wildman–Crippen MR) is 82.0 cm³/mol. The number of aliphatic carboxylic acids is 1. The van der Waals surface area contributed by atoms with E-state index in [1.807, 2.05) is 24.3 Å². The Morgan fingerprint density at radius 2 is 2.18 bits per heavy atom. The van der Waals surface area contributed by atoms with Crippen LogP contribution in [0.1, 0.15) is 16.3 Å². The summed E-state index contributed by atoms with van der Waals surface area (Å²) in [4.78, 5) is 26.6. The summed E-state index contributed by atoms with van der Waals surface area (Å²) in [6.07, 6.45) is 0.0240. The van der Waals surface area contributed by atoms with E-state index in [9.17, 15) is 9.59 Å². The number of carboxylic acid groups (broad SMARTS) is 1. The van der Waals surface area contributed by atoms with Crippen molar-refractivity contribution >= 4 is 23.2 Å². The van der Waals surface area contributed by atoms with E-state index in [0.29, 0.717) is 17.2 Å². The van der Waals surface area contributed by atoms with Gasteiger partial charge in [0.2, 0.25) is 5.91 Å². The zero-order valence-corrected chi connectivity index (χ0v) is 12.9. The first kappa shape index (κ1) is 16.0. The highest BCUT2D eigenvalue weighted by atomic mass is 32.1. The van der Waals surface area contributed by atoms with E-state index in [1.54, 1.807) is 12.5 Å². The predicted octanol–water partition coefficient (Wildman–Crippen LogP) is 1.64. The number of ether oxygens (including phenoxy) is 1. The van der Waals surface area contributed by atoms with E-state index in [2.05, 4.69) is 10.3 Å².